The molecule has 2 nitrogen and oxygen atoms in total. The zero-order valence-electron chi connectivity index (χ0n) is 9.63. The second-order valence-corrected chi connectivity index (χ2v) is 4.14. The van der Waals surface area contributed by atoms with Crippen LogP contribution < -0.4 is 0 Å². The monoisotopic (exact) mass is 200 g/mol. The first-order valence-corrected chi connectivity index (χ1v) is 6.10. The molecule has 0 spiro atoms. The van der Waals surface area contributed by atoms with Crippen molar-refractivity contribution < 1.29 is 9.47 Å². The van der Waals surface area contributed by atoms with Crippen molar-refractivity contribution in [1.82, 2.24) is 0 Å². The first-order chi connectivity index (χ1) is 6.86. The van der Waals surface area contributed by atoms with Gasteiger partial charge in [-0.25, -0.2) is 0 Å². The zero-order chi connectivity index (χ0) is 10.2. The van der Waals surface area contributed by atoms with Gasteiger partial charge >= 0.3 is 0 Å². The molecular weight excluding hydrogens is 176 g/mol. The number of hydrogen-bond acceptors (Lipinski definition) is 2. The van der Waals surface area contributed by atoms with Crippen molar-refractivity contribution in [2.24, 2.45) is 0 Å². The highest BCUT2D eigenvalue weighted by atomic mass is 16.5. The van der Waals surface area contributed by atoms with E-state index in [1.807, 2.05) is 0 Å². The molecule has 2 heteroatoms. The third-order valence-electron chi connectivity index (χ3n) is 2.74. The fourth-order valence-corrected chi connectivity index (χ4v) is 1.93. The van der Waals surface area contributed by atoms with Crippen molar-refractivity contribution in [3.05, 3.63) is 0 Å². The van der Waals surface area contributed by atoms with E-state index in [1.165, 1.54) is 25.7 Å². The topological polar surface area (TPSA) is 18.5 Å². The Hall–Kier alpha value is -0.0800. The van der Waals surface area contributed by atoms with Crippen LogP contribution in [-0.4, -0.2) is 25.4 Å². The van der Waals surface area contributed by atoms with E-state index in [0.29, 0.717) is 12.2 Å². The maximum absolute atomic E-state index is 5.73. The Labute approximate surface area is 88.0 Å². The van der Waals surface area contributed by atoms with E-state index in [1.54, 1.807) is 0 Å². The molecule has 0 aromatic heterocycles. The number of ether oxygens (including phenoxy) is 2. The minimum absolute atomic E-state index is 0.511. The van der Waals surface area contributed by atoms with Crippen LogP contribution in [-0.2, 0) is 9.47 Å². The van der Waals surface area contributed by atoms with Gasteiger partial charge in [0.2, 0.25) is 0 Å². The molecular formula is C12H24O2. The molecule has 0 saturated heterocycles. The van der Waals surface area contributed by atoms with E-state index in [4.69, 9.17) is 9.47 Å². The molecule has 14 heavy (non-hydrogen) atoms. The summed E-state index contributed by atoms with van der Waals surface area (Å²) in [7, 11) is 0. The summed E-state index contributed by atoms with van der Waals surface area (Å²) in [4.78, 5) is 0. The van der Waals surface area contributed by atoms with Gasteiger partial charge in [-0.05, 0) is 38.5 Å². The summed E-state index contributed by atoms with van der Waals surface area (Å²) in [5.41, 5.74) is 0. The highest BCUT2D eigenvalue weighted by Gasteiger charge is 2.21. The van der Waals surface area contributed by atoms with Crippen LogP contribution in [0.5, 0.6) is 0 Å². The standard InChI is InChI=1S/C12H24O2/c1-3-9-13-11-5-7-12(8-6-11)14-10-4-2/h11-12H,3-10H2,1-2H3. The van der Waals surface area contributed by atoms with E-state index in [0.717, 1.165) is 26.1 Å². The van der Waals surface area contributed by atoms with Gasteiger partial charge in [-0.2, -0.15) is 0 Å². The number of hydrogen-bond donors (Lipinski definition) is 0. The van der Waals surface area contributed by atoms with Crippen molar-refractivity contribution in [3.8, 4) is 0 Å². The summed E-state index contributed by atoms with van der Waals surface area (Å²) in [5, 5.41) is 0. The van der Waals surface area contributed by atoms with Crippen molar-refractivity contribution in [1.29, 1.82) is 0 Å². The molecule has 1 fully saturated rings. The SMILES string of the molecule is CCCOC1CCC(OCCC)CC1. The smallest absolute Gasteiger partial charge is 0.0577 e. The van der Waals surface area contributed by atoms with Crippen molar-refractivity contribution in [2.75, 3.05) is 13.2 Å². The van der Waals surface area contributed by atoms with Gasteiger partial charge in [0.05, 0.1) is 12.2 Å². The van der Waals surface area contributed by atoms with Crippen LogP contribution in [0.3, 0.4) is 0 Å². The summed E-state index contributed by atoms with van der Waals surface area (Å²) < 4.78 is 11.5. The Morgan fingerprint density at radius 2 is 1.14 bits per heavy atom. The lowest BCUT2D eigenvalue weighted by molar-refractivity contribution is -0.0308. The molecule has 0 aromatic carbocycles. The Morgan fingerprint density at radius 1 is 0.786 bits per heavy atom. The van der Waals surface area contributed by atoms with Crippen LogP contribution in [0.25, 0.3) is 0 Å². The lowest BCUT2D eigenvalue weighted by atomic mass is 9.95. The van der Waals surface area contributed by atoms with Gasteiger partial charge in [0, 0.05) is 13.2 Å². The van der Waals surface area contributed by atoms with E-state index in [2.05, 4.69) is 13.8 Å². The van der Waals surface area contributed by atoms with Gasteiger partial charge in [0.15, 0.2) is 0 Å². The average Bonchev–Trinajstić information content (AvgIpc) is 2.25. The molecule has 0 heterocycles. The Bertz CT molecular complexity index is 112. The average molecular weight is 200 g/mol. The summed E-state index contributed by atoms with van der Waals surface area (Å²) >= 11 is 0. The van der Waals surface area contributed by atoms with Crippen LogP contribution in [0.4, 0.5) is 0 Å². The molecule has 0 aliphatic heterocycles. The van der Waals surface area contributed by atoms with Crippen molar-refractivity contribution in [2.45, 2.75) is 64.6 Å². The minimum atomic E-state index is 0.511. The molecule has 0 amide bonds. The molecule has 0 radical (unpaired) electrons. The van der Waals surface area contributed by atoms with Gasteiger partial charge < -0.3 is 9.47 Å². The number of rotatable bonds is 6. The molecule has 0 aromatic rings. The molecule has 1 saturated carbocycles. The maximum atomic E-state index is 5.73. The predicted octanol–water partition coefficient (Wildman–Crippen LogP) is 3.15. The fraction of sp³-hybridized carbons (Fsp3) is 1.00. The summed E-state index contributed by atoms with van der Waals surface area (Å²) in [6.45, 7) is 6.17. The maximum Gasteiger partial charge on any atom is 0.0577 e. The van der Waals surface area contributed by atoms with Crippen molar-refractivity contribution in [3.63, 3.8) is 0 Å². The van der Waals surface area contributed by atoms with E-state index < -0.39 is 0 Å². The molecule has 0 unspecified atom stereocenters. The molecule has 84 valence electrons. The molecule has 0 N–H and O–H groups in total. The Morgan fingerprint density at radius 3 is 1.43 bits per heavy atom. The second kappa shape index (κ2) is 7.24. The van der Waals surface area contributed by atoms with Crippen LogP contribution >= 0.6 is 0 Å². The third kappa shape index (κ3) is 4.43. The highest BCUT2D eigenvalue weighted by molar-refractivity contribution is 4.72. The van der Waals surface area contributed by atoms with Gasteiger partial charge in [-0.1, -0.05) is 13.8 Å². The van der Waals surface area contributed by atoms with Gasteiger partial charge in [0.25, 0.3) is 0 Å². The summed E-state index contributed by atoms with van der Waals surface area (Å²) in [6, 6.07) is 0. The first-order valence-electron chi connectivity index (χ1n) is 6.10. The first kappa shape index (κ1) is 12.0. The molecule has 0 bridgehead atoms. The molecule has 1 aliphatic carbocycles. The summed E-state index contributed by atoms with van der Waals surface area (Å²) in [6.07, 6.45) is 8.04. The van der Waals surface area contributed by atoms with Crippen LogP contribution in [0, 0.1) is 0 Å². The quantitative estimate of drug-likeness (QED) is 0.655. The van der Waals surface area contributed by atoms with Gasteiger partial charge in [0.1, 0.15) is 0 Å². The normalized spacial score (nSPS) is 27.9. The van der Waals surface area contributed by atoms with Crippen molar-refractivity contribution >= 4 is 0 Å². The summed E-state index contributed by atoms with van der Waals surface area (Å²) in [5.74, 6) is 0. The Kier molecular flexibility index (Phi) is 6.20. The molecule has 0 atom stereocenters. The van der Waals surface area contributed by atoms with E-state index in [-0.39, 0.29) is 0 Å². The Balaban J connectivity index is 2.05. The molecule has 1 aliphatic rings. The molecule has 1 rings (SSSR count). The third-order valence-corrected chi connectivity index (χ3v) is 2.74. The van der Waals surface area contributed by atoms with E-state index in [9.17, 15) is 0 Å². The lowest BCUT2D eigenvalue weighted by Crippen LogP contribution is -2.26. The van der Waals surface area contributed by atoms with Gasteiger partial charge in [-0.15, -0.1) is 0 Å². The highest BCUT2D eigenvalue weighted by Crippen LogP contribution is 2.23. The van der Waals surface area contributed by atoms with E-state index >= 15 is 0 Å². The predicted molar refractivity (Wildman–Crippen MR) is 58.5 cm³/mol. The lowest BCUT2D eigenvalue weighted by Gasteiger charge is -2.28. The second-order valence-electron chi connectivity index (χ2n) is 4.14. The zero-order valence-corrected chi connectivity index (χ0v) is 9.63. The van der Waals surface area contributed by atoms with Crippen LogP contribution in [0.15, 0.2) is 0 Å². The fourth-order valence-electron chi connectivity index (χ4n) is 1.93. The van der Waals surface area contributed by atoms with Crippen LogP contribution in [0.1, 0.15) is 52.4 Å². The van der Waals surface area contributed by atoms with Gasteiger partial charge in [-0.3, -0.25) is 0 Å². The van der Waals surface area contributed by atoms with Crippen LogP contribution in [0.2, 0.25) is 0 Å². The largest absolute Gasteiger partial charge is 0.378 e. The minimum Gasteiger partial charge on any atom is -0.378 e.